The van der Waals surface area contributed by atoms with Crippen LogP contribution in [0.5, 0.6) is 0 Å². The van der Waals surface area contributed by atoms with Crippen LogP contribution in [0.15, 0.2) is 18.2 Å². The highest BCUT2D eigenvalue weighted by Gasteiger charge is 2.09. The van der Waals surface area contributed by atoms with E-state index >= 15 is 0 Å². The number of hydrogen-bond donors (Lipinski definition) is 1. The molecule has 0 aromatic heterocycles. The number of nitrogens with one attached hydrogen (secondary N) is 1. The van der Waals surface area contributed by atoms with Crippen LogP contribution in [0.25, 0.3) is 0 Å². The first kappa shape index (κ1) is 13.3. The van der Waals surface area contributed by atoms with Gasteiger partial charge in [0.05, 0.1) is 22.9 Å². The van der Waals surface area contributed by atoms with Crippen molar-refractivity contribution in [2.75, 3.05) is 18.5 Å². The maximum atomic E-state index is 13.4. The summed E-state index contributed by atoms with van der Waals surface area (Å²) in [4.78, 5) is 0. The van der Waals surface area contributed by atoms with Crippen LogP contribution in [0.3, 0.4) is 0 Å². The molecule has 0 unspecified atom stereocenters. The van der Waals surface area contributed by atoms with Crippen molar-refractivity contribution < 1.29 is 9.13 Å². The van der Waals surface area contributed by atoms with Crippen molar-refractivity contribution in [2.45, 2.75) is 26.4 Å². The summed E-state index contributed by atoms with van der Waals surface area (Å²) in [5.41, 5.74) is 0.235. The molecule has 1 N–H and O–H groups in total. The highest BCUT2D eigenvalue weighted by molar-refractivity contribution is 6.31. The SMILES string of the molecule is CC(C)(C)OCCNc1cccc(Cl)c1F. The molecule has 1 rings (SSSR count). The van der Waals surface area contributed by atoms with Crippen LogP contribution in [0, 0.1) is 5.82 Å². The van der Waals surface area contributed by atoms with Crippen LogP contribution in [0.2, 0.25) is 5.02 Å². The van der Waals surface area contributed by atoms with Crippen molar-refractivity contribution in [1.82, 2.24) is 0 Å². The Morgan fingerprint density at radius 2 is 2.06 bits per heavy atom. The van der Waals surface area contributed by atoms with Gasteiger partial charge in [0.1, 0.15) is 0 Å². The molecule has 1 aromatic carbocycles. The second-order valence-corrected chi connectivity index (χ2v) is 4.90. The molecule has 2 nitrogen and oxygen atoms in total. The normalized spacial score (nSPS) is 11.6. The van der Waals surface area contributed by atoms with Crippen molar-refractivity contribution in [2.24, 2.45) is 0 Å². The minimum Gasteiger partial charge on any atom is -0.380 e. The second kappa shape index (κ2) is 5.51. The first-order valence-corrected chi connectivity index (χ1v) is 5.60. The molecular weight excluding hydrogens is 229 g/mol. The topological polar surface area (TPSA) is 21.3 Å². The lowest BCUT2D eigenvalue weighted by atomic mass is 10.2. The van der Waals surface area contributed by atoms with E-state index in [1.54, 1.807) is 12.1 Å². The molecule has 90 valence electrons. The number of ether oxygens (including phenoxy) is 1. The van der Waals surface area contributed by atoms with E-state index in [1.807, 2.05) is 20.8 Å². The zero-order chi connectivity index (χ0) is 12.2. The van der Waals surface area contributed by atoms with E-state index in [0.29, 0.717) is 18.8 Å². The molecule has 0 fully saturated rings. The molecule has 4 heteroatoms. The largest absolute Gasteiger partial charge is 0.380 e. The van der Waals surface area contributed by atoms with E-state index in [9.17, 15) is 4.39 Å². The van der Waals surface area contributed by atoms with Gasteiger partial charge in [-0.1, -0.05) is 17.7 Å². The Labute approximate surface area is 101 Å². The molecule has 0 amide bonds. The Kier molecular flexibility index (Phi) is 4.56. The highest BCUT2D eigenvalue weighted by atomic mass is 35.5. The van der Waals surface area contributed by atoms with Gasteiger partial charge in [-0.3, -0.25) is 0 Å². The zero-order valence-corrected chi connectivity index (χ0v) is 10.6. The van der Waals surface area contributed by atoms with Crippen molar-refractivity contribution in [3.63, 3.8) is 0 Å². The Morgan fingerprint density at radius 3 is 2.69 bits per heavy atom. The maximum absolute atomic E-state index is 13.4. The predicted octanol–water partition coefficient (Wildman–Crippen LogP) is 3.71. The summed E-state index contributed by atoms with van der Waals surface area (Å²) in [6.45, 7) is 7.01. The molecule has 0 bridgehead atoms. The number of benzene rings is 1. The fourth-order valence-corrected chi connectivity index (χ4v) is 1.36. The maximum Gasteiger partial charge on any atom is 0.164 e. The van der Waals surface area contributed by atoms with Crippen LogP contribution in [0.1, 0.15) is 20.8 Å². The first-order valence-electron chi connectivity index (χ1n) is 5.22. The van der Waals surface area contributed by atoms with Gasteiger partial charge in [0.2, 0.25) is 0 Å². The predicted molar refractivity (Wildman–Crippen MR) is 65.6 cm³/mol. The van der Waals surface area contributed by atoms with Gasteiger partial charge >= 0.3 is 0 Å². The van der Waals surface area contributed by atoms with Crippen LogP contribution >= 0.6 is 11.6 Å². The van der Waals surface area contributed by atoms with E-state index in [-0.39, 0.29) is 10.6 Å². The molecule has 0 atom stereocenters. The standard InChI is InChI=1S/C12H17ClFNO/c1-12(2,3)16-8-7-15-10-6-4-5-9(13)11(10)14/h4-6,15H,7-8H2,1-3H3. The van der Waals surface area contributed by atoms with Crippen LogP contribution in [-0.4, -0.2) is 18.8 Å². The highest BCUT2D eigenvalue weighted by Crippen LogP contribution is 2.21. The summed E-state index contributed by atoms with van der Waals surface area (Å²) in [5, 5.41) is 3.07. The van der Waals surface area contributed by atoms with E-state index < -0.39 is 5.82 Å². The second-order valence-electron chi connectivity index (χ2n) is 4.49. The monoisotopic (exact) mass is 245 g/mol. The fourth-order valence-electron chi connectivity index (χ4n) is 1.18. The molecule has 1 aromatic rings. The Balaban J connectivity index is 2.41. The lowest BCUT2D eigenvalue weighted by molar-refractivity contribution is 0.00332. The van der Waals surface area contributed by atoms with Gasteiger partial charge in [-0.05, 0) is 32.9 Å². The lowest BCUT2D eigenvalue weighted by Crippen LogP contribution is -2.23. The summed E-state index contributed by atoms with van der Waals surface area (Å²) < 4.78 is 18.9. The Bertz CT molecular complexity index is 349. The van der Waals surface area contributed by atoms with E-state index in [2.05, 4.69) is 5.32 Å². The molecule has 0 spiro atoms. The third-order valence-electron chi connectivity index (χ3n) is 1.90. The van der Waals surface area contributed by atoms with Gasteiger partial charge in [0.15, 0.2) is 5.82 Å². The van der Waals surface area contributed by atoms with Gasteiger partial charge < -0.3 is 10.1 Å². The van der Waals surface area contributed by atoms with Crippen molar-refractivity contribution in [1.29, 1.82) is 0 Å². The van der Waals surface area contributed by atoms with Crippen LogP contribution in [0.4, 0.5) is 10.1 Å². The van der Waals surface area contributed by atoms with Gasteiger partial charge in [0.25, 0.3) is 0 Å². The smallest absolute Gasteiger partial charge is 0.164 e. The summed E-state index contributed by atoms with van der Waals surface area (Å²) in [6.07, 6.45) is 0. The van der Waals surface area contributed by atoms with Gasteiger partial charge in [-0.2, -0.15) is 0 Å². The van der Waals surface area contributed by atoms with Crippen LogP contribution in [-0.2, 0) is 4.74 Å². The van der Waals surface area contributed by atoms with E-state index in [1.165, 1.54) is 6.07 Å². The minimum atomic E-state index is -0.417. The molecule has 0 heterocycles. The molecule has 0 saturated carbocycles. The number of rotatable bonds is 4. The number of halogens is 2. The zero-order valence-electron chi connectivity index (χ0n) is 9.81. The summed E-state index contributed by atoms with van der Waals surface area (Å²) in [5.74, 6) is -0.417. The molecule has 0 aliphatic carbocycles. The molecule has 0 saturated heterocycles. The molecular formula is C12H17ClFNO. The summed E-state index contributed by atoms with van der Waals surface area (Å²) in [7, 11) is 0. The lowest BCUT2D eigenvalue weighted by Gasteiger charge is -2.19. The minimum absolute atomic E-state index is 0.127. The third-order valence-corrected chi connectivity index (χ3v) is 2.20. The van der Waals surface area contributed by atoms with Crippen LogP contribution < -0.4 is 5.32 Å². The van der Waals surface area contributed by atoms with Gasteiger partial charge in [0, 0.05) is 6.54 Å². The van der Waals surface area contributed by atoms with E-state index in [4.69, 9.17) is 16.3 Å². The Morgan fingerprint density at radius 1 is 1.38 bits per heavy atom. The molecule has 16 heavy (non-hydrogen) atoms. The number of anilines is 1. The van der Waals surface area contributed by atoms with Crippen molar-refractivity contribution >= 4 is 17.3 Å². The summed E-state index contributed by atoms with van der Waals surface area (Å²) in [6, 6.07) is 4.88. The van der Waals surface area contributed by atoms with Crippen molar-refractivity contribution in [3.05, 3.63) is 29.0 Å². The van der Waals surface area contributed by atoms with Gasteiger partial charge in [-0.15, -0.1) is 0 Å². The molecule has 0 radical (unpaired) electrons. The quantitative estimate of drug-likeness (QED) is 0.817. The van der Waals surface area contributed by atoms with Crippen molar-refractivity contribution in [3.8, 4) is 0 Å². The number of hydrogen-bond acceptors (Lipinski definition) is 2. The molecule has 0 aliphatic heterocycles. The third kappa shape index (κ3) is 4.37. The fraction of sp³-hybridized carbons (Fsp3) is 0.500. The van der Waals surface area contributed by atoms with E-state index in [0.717, 1.165) is 0 Å². The Hall–Kier alpha value is -0.800. The average molecular weight is 246 g/mol. The first-order chi connectivity index (χ1) is 7.40. The molecule has 0 aliphatic rings. The average Bonchev–Trinajstić information content (AvgIpc) is 2.17. The van der Waals surface area contributed by atoms with Gasteiger partial charge in [-0.25, -0.2) is 4.39 Å². The summed E-state index contributed by atoms with van der Waals surface area (Å²) >= 11 is 5.65.